The zero-order valence-corrected chi connectivity index (χ0v) is 18.5. The highest BCUT2D eigenvalue weighted by atomic mass is 35.5. The van der Waals surface area contributed by atoms with Gasteiger partial charge < -0.3 is 15.2 Å². The number of halogens is 1. The van der Waals surface area contributed by atoms with E-state index in [0.717, 1.165) is 47.6 Å². The summed E-state index contributed by atoms with van der Waals surface area (Å²) < 4.78 is 2.05. The van der Waals surface area contributed by atoms with E-state index < -0.39 is 5.41 Å². The predicted octanol–water partition coefficient (Wildman–Crippen LogP) is 3.53. The number of aromatic nitrogens is 3. The zero-order chi connectivity index (χ0) is 21.8. The van der Waals surface area contributed by atoms with Crippen molar-refractivity contribution < 1.29 is 9.90 Å². The number of carbonyl (C=O) groups is 1. The van der Waals surface area contributed by atoms with Gasteiger partial charge in [0.1, 0.15) is 12.1 Å². The van der Waals surface area contributed by atoms with Crippen LogP contribution in [0.15, 0.2) is 42.6 Å². The molecule has 0 bridgehead atoms. The van der Waals surface area contributed by atoms with Crippen molar-refractivity contribution in [2.24, 2.45) is 0 Å². The molecule has 0 aliphatic heterocycles. The summed E-state index contributed by atoms with van der Waals surface area (Å²) in [4.78, 5) is 11.5. The minimum Gasteiger partial charge on any atom is -0.395 e. The largest absolute Gasteiger partial charge is 0.395 e. The summed E-state index contributed by atoms with van der Waals surface area (Å²) in [6.07, 6.45) is 6.20. The average molecular weight is 429 g/mol. The first-order valence-electron chi connectivity index (χ1n) is 10.2. The molecule has 6 nitrogen and oxygen atoms in total. The molecule has 0 radical (unpaired) electrons. The van der Waals surface area contributed by atoms with Gasteiger partial charge in [0, 0.05) is 28.7 Å². The number of fused-ring (bicyclic) bond motifs is 1. The van der Waals surface area contributed by atoms with Gasteiger partial charge in [-0.25, -0.2) is 0 Å². The molecule has 0 unspecified atom stereocenters. The minimum atomic E-state index is -0.597. The van der Waals surface area contributed by atoms with E-state index in [1.165, 1.54) is 5.56 Å². The fourth-order valence-electron chi connectivity index (χ4n) is 3.86. The third kappa shape index (κ3) is 4.13. The summed E-state index contributed by atoms with van der Waals surface area (Å²) in [5.74, 6) is 0.944. The van der Waals surface area contributed by atoms with Crippen LogP contribution in [0.25, 0.3) is 5.65 Å². The molecular weight excluding hydrogens is 400 g/mol. The van der Waals surface area contributed by atoms with E-state index in [4.69, 9.17) is 16.7 Å². The van der Waals surface area contributed by atoms with Crippen molar-refractivity contribution in [1.82, 2.24) is 19.9 Å². The maximum absolute atomic E-state index is 11.5. The van der Waals surface area contributed by atoms with Crippen molar-refractivity contribution in [3.8, 4) is 0 Å². The first kappa shape index (κ1) is 22.4. The smallest absolute Gasteiger partial charge is 0.165 e. The number of carbonyl (C=O) groups excluding carboxylic acids is 1. The van der Waals surface area contributed by atoms with E-state index in [-0.39, 0.29) is 12.0 Å². The highest BCUT2D eigenvalue weighted by molar-refractivity contribution is 6.30. The molecule has 2 N–H and O–H groups in total. The van der Waals surface area contributed by atoms with Crippen molar-refractivity contribution >= 4 is 23.5 Å². The molecule has 1 fully saturated rings. The van der Waals surface area contributed by atoms with Crippen LogP contribution in [0.4, 0.5) is 0 Å². The maximum Gasteiger partial charge on any atom is 0.165 e. The number of aldehydes is 1. The summed E-state index contributed by atoms with van der Waals surface area (Å²) in [5, 5.41) is 20.5. The van der Waals surface area contributed by atoms with Crippen LogP contribution in [0.2, 0.25) is 5.02 Å². The molecule has 1 aromatic carbocycles. The van der Waals surface area contributed by atoms with Crippen LogP contribution in [-0.2, 0) is 15.6 Å². The van der Waals surface area contributed by atoms with Gasteiger partial charge in [0.15, 0.2) is 5.65 Å². The van der Waals surface area contributed by atoms with Gasteiger partial charge >= 0.3 is 0 Å². The molecule has 1 aliphatic carbocycles. The molecule has 2 heterocycles. The second-order valence-electron chi connectivity index (χ2n) is 8.25. The maximum atomic E-state index is 11.5. The summed E-state index contributed by atoms with van der Waals surface area (Å²) in [6.45, 7) is 4.74. The molecule has 2 aromatic heterocycles. The molecule has 0 saturated heterocycles. The van der Waals surface area contributed by atoms with Gasteiger partial charge in [-0.2, -0.15) is 0 Å². The second-order valence-corrected chi connectivity index (χ2v) is 8.68. The molecular formula is C23H29ClN4O2. The van der Waals surface area contributed by atoms with Gasteiger partial charge in [-0.15, -0.1) is 10.2 Å². The normalized spacial score (nSPS) is 15.2. The Balaban J connectivity index is 0.000000461. The lowest BCUT2D eigenvalue weighted by Crippen LogP contribution is -2.37. The number of hydrogen-bond donors (Lipinski definition) is 2. The molecule has 160 valence electrons. The van der Waals surface area contributed by atoms with Crippen molar-refractivity contribution in [1.29, 1.82) is 0 Å². The van der Waals surface area contributed by atoms with Crippen LogP contribution in [0.1, 0.15) is 50.1 Å². The summed E-state index contributed by atoms with van der Waals surface area (Å²) >= 11 is 6.06. The molecule has 0 atom stereocenters. The monoisotopic (exact) mass is 428 g/mol. The van der Waals surface area contributed by atoms with E-state index in [9.17, 15) is 4.79 Å². The Hall–Kier alpha value is -2.28. The Morgan fingerprint density at radius 2 is 1.93 bits per heavy atom. The van der Waals surface area contributed by atoms with Crippen LogP contribution in [-0.4, -0.2) is 46.2 Å². The van der Waals surface area contributed by atoms with Gasteiger partial charge in [-0.05, 0) is 57.5 Å². The summed E-state index contributed by atoms with van der Waals surface area (Å²) in [6, 6.07) is 12.0. The quantitative estimate of drug-likeness (QED) is 0.587. The molecule has 4 rings (SSSR count). The van der Waals surface area contributed by atoms with Gasteiger partial charge in [0.25, 0.3) is 0 Å². The highest BCUT2D eigenvalue weighted by Gasteiger charge is 2.44. The Kier molecular flexibility index (Phi) is 6.91. The first-order chi connectivity index (χ1) is 14.4. The van der Waals surface area contributed by atoms with Crippen LogP contribution < -0.4 is 5.32 Å². The predicted molar refractivity (Wildman–Crippen MR) is 119 cm³/mol. The number of aliphatic hydroxyl groups excluding tert-OH is 1. The standard InChI is InChI=1S/C20H20ClN3O.C3H9NO/c1-19(2,13-25)16-5-3-12-24-17(16)22-23-18(24)20(10-4-11-20)14-6-8-15(21)9-7-14;1-4-2-3-5/h3,5-9,12-13H,4,10-11H2,1-2H3;4-5H,2-3H2,1H3. The third-order valence-electron chi connectivity index (χ3n) is 5.82. The molecule has 0 amide bonds. The number of aliphatic hydroxyl groups is 1. The Bertz CT molecular complexity index is 992. The van der Waals surface area contributed by atoms with Crippen molar-refractivity contribution in [3.63, 3.8) is 0 Å². The third-order valence-corrected chi connectivity index (χ3v) is 6.07. The van der Waals surface area contributed by atoms with E-state index in [1.54, 1.807) is 7.05 Å². The van der Waals surface area contributed by atoms with Gasteiger partial charge in [0.2, 0.25) is 0 Å². The van der Waals surface area contributed by atoms with E-state index in [2.05, 4.69) is 27.6 Å². The molecule has 1 saturated carbocycles. The Labute approximate surface area is 182 Å². The van der Waals surface area contributed by atoms with Gasteiger partial charge in [-0.3, -0.25) is 4.40 Å². The number of pyridine rings is 1. The molecule has 3 aromatic rings. The van der Waals surface area contributed by atoms with E-state index in [1.807, 2.05) is 48.7 Å². The number of likely N-dealkylation sites (N-methyl/N-ethyl adjacent to an activating group) is 1. The van der Waals surface area contributed by atoms with Gasteiger partial charge in [-0.1, -0.05) is 36.2 Å². The van der Waals surface area contributed by atoms with Crippen molar-refractivity contribution in [2.45, 2.75) is 43.9 Å². The summed E-state index contributed by atoms with van der Waals surface area (Å²) in [5.41, 5.74) is 2.15. The van der Waals surface area contributed by atoms with Crippen molar-refractivity contribution in [3.05, 3.63) is 64.6 Å². The fraction of sp³-hybridized carbons (Fsp3) is 0.435. The summed E-state index contributed by atoms with van der Waals surface area (Å²) in [7, 11) is 1.80. The Morgan fingerprint density at radius 1 is 1.23 bits per heavy atom. The highest BCUT2D eigenvalue weighted by Crippen LogP contribution is 2.48. The van der Waals surface area contributed by atoms with Crippen molar-refractivity contribution in [2.75, 3.05) is 20.2 Å². The zero-order valence-electron chi connectivity index (χ0n) is 17.7. The Morgan fingerprint density at radius 3 is 2.43 bits per heavy atom. The molecule has 0 spiro atoms. The molecule has 1 aliphatic rings. The topological polar surface area (TPSA) is 79.5 Å². The lowest BCUT2D eigenvalue weighted by molar-refractivity contribution is -0.111. The van der Waals surface area contributed by atoms with Gasteiger partial charge in [0.05, 0.1) is 12.0 Å². The van der Waals surface area contributed by atoms with Crippen LogP contribution in [0.3, 0.4) is 0 Å². The number of benzene rings is 1. The van der Waals surface area contributed by atoms with E-state index >= 15 is 0 Å². The lowest BCUT2D eigenvalue weighted by Gasteiger charge is -2.41. The number of rotatable bonds is 6. The van der Waals surface area contributed by atoms with Crippen LogP contribution >= 0.6 is 11.6 Å². The number of nitrogens with zero attached hydrogens (tertiary/aromatic N) is 3. The minimum absolute atomic E-state index is 0.131. The second kappa shape index (κ2) is 9.25. The molecule has 30 heavy (non-hydrogen) atoms. The number of nitrogens with one attached hydrogen (secondary N) is 1. The first-order valence-corrected chi connectivity index (χ1v) is 10.6. The average Bonchev–Trinajstić information content (AvgIpc) is 3.14. The van der Waals surface area contributed by atoms with E-state index in [0.29, 0.717) is 6.54 Å². The SMILES string of the molecule is CC(C)(C=O)c1cccn2c(C3(c4ccc(Cl)cc4)CCC3)nnc12.CNCCO. The van der Waals surface area contributed by atoms with Crippen LogP contribution in [0.5, 0.6) is 0 Å². The number of hydrogen-bond acceptors (Lipinski definition) is 5. The fourth-order valence-corrected chi connectivity index (χ4v) is 3.99. The van der Waals surface area contributed by atoms with Crippen LogP contribution in [0, 0.1) is 0 Å². The lowest BCUT2D eigenvalue weighted by atomic mass is 9.64. The molecule has 7 heteroatoms.